The molecule has 0 unspecified atom stereocenters. The van der Waals surface area contributed by atoms with Gasteiger partial charge in [-0.1, -0.05) is 24.3 Å². The van der Waals surface area contributed by atoms with Crippen LogP contribution in [-0.2, 0) is 0 Å². The van der Waals surface area contributed by atoms with E-state index in [4.69, 9.17) is 3.07 Å². The minimum Gasteiger partial charge on any atom is -0.428 e. The number of rotatable bonds is 2. The Kier molecular flexibility index (Phi) is 3.20. The first-order chi connectivity index (χ1) is 7.29. The summed E-state index contributed by atoms with van der Waals surface area (Å²) in [5, 5.41) is 0. The van der Waals surface area contributed by atoms with E-state index >= 15 is 0 Å². The van der Waals surface area contributed by atoms with Crippen molar-refractivity contribution in [2.75, 3.05) is 0 Å². The van der Waals surface area contributed by atoms with Gasteiger partial charge in [0.15, 0.2) is 23.0 Å². The summed E-state index contributed by atoms with van der Waals surface area (Å²) in [5.74, 6) is 0.590. The number of hydrogen-bond donors (Lipinski definition) is 0. The van der Waals surface area contributed by atoms with Crippen LogP contribution >= 0.6 is 23.0 Å². The topological polar surface area (TPSA) is 9.23 Å². The lowest BCUT2D eigenvalue weighted by Crippen LogP contribution is -1.79. The third-order valence-electron chi connectivity index (χ3n) is 2.12. The molecule has 1 nitrogen and oxygen atoms in total. The van der Waals surface area contributed by atoms with Crippen molar-refractivity contribution in [3.8, 4) is 16.9 Å². The van der Waals surface area contributed by atoms with E-state index in [0.717, 1.165) is 16.9 Å². The zero-order valence-corrected chi connectivity index (χ0v) is 9.94. The van der Waals surface area contributed by atoms with Crippen molar-refractivity contribution < 1.29 is 7.46 Å². The lowest BCUT2D eigenvalue weighted by molar-refractivity contribution is 0.628. The third kappa shape index (κ3) is 2.47. The van der Waals surface area contributed by atoms with Crippen molar-refractivity contribution >= 4 is 23.0 Å². The van der Waals surface area contributed by atoms with Gasteiger partial charge >= 0.3 is 0 Å². The molecule has 0 spiro atoms. The van der Waals surface area contributed by atoms with Gasteiger partial charge in [0.2, 0.25) is 0 Å². The molecule has 15 heavy (non-hydrogen) atoms. The largest absolute Gasteiger partial charge is 0.428 e. The van der Waals surface area contributed by atoms with Crippen molar-refractivity contribution in [1.29, 1.82) is 0 Å². The molecule has 0 heterocycles. The van der Waals surface area contributed by atoms with Crippen LogP contribution in [0, 0.1) is 5.82 Å². The normalized spacial score (nSPS) is 10.0. The summed E-state index contributed by atoms with van der Waals surface area (Å²) in [6.07, 6.45) is 0. The Hall–Kier alpha value is -1.10. The first kappa shape index (κ1) is 10.4. The molecule has 2 aromatic rings. The highest BCUT2D eigenvalue weighted by Crippen LogP contribution is 2.23. The predicted octanol–water partition coefficient (Wildman–Crippen LogP) is 4.22. The molecular weight excluding hydrogens is 306 g/mol. The van der Waals surface area contributed by atoms with E-state index in [9.17, 15) is 4.39 Å². The first-order valence-electron chi connectivity index (χ1n) is 4.44. The lowest BCUT2D eigenvalue weighted by Gasteiger charge is -2.02. The van der Waals surface area contributed by atoms with Gasteiger partial charge in [0.05, 0.1) is 0 Å². The molecule has 0 saturated heterocycles. The number of halogens is 2. The zero-order chi connectivity index (χ0) is 10.7. The highest BCUT2D eigenvalue weighted by molar-refractivity contribution is 14.1. The average Bonchev–Trinajstić information content (AvgIpc) is 2.30. The molecule has 76 valence electrons. The van der Waals surface area contributed by atoms with Crippen LogP contribution in [0.2, 0.25) is 0 Å². The van der Waals surface area contributed by atoms with Gasteiger partial charge in [-0.25, -0.2) is 4.39 Å². The van der Waals surface area contributed by atoms with Crippen molar-refractivity contribution in [3.63, 3.8) is 0 Å². The van der Waals surface area contributed by atoms with Crippen molar-refractivity contribution in [2.24, 2.45) is 0 Å². The van der Waals surface area contributed by atoms with E-state index < -0.39 is 0 Å². The van der Waals surface area contributed by atoms with Crippen molar-refractivity contribution in [1.82, 2.24) is 0 Å². The molecule has 0 N–H and O–H groups in total. The van der Waals surface area contributed by atoms with Gasteiger partial charge in [0.25, 0.3) is 0 Å². The Morgan fingerprint density at radius 1 is 0.800 bits per heavy atom. The van der Waals surface area contributed by atoms with Gasteiger partial charge in [0, 0.05) is 0 Å². The predicted molar refractivity (Wildman–Crippen MR) is 66.5 cm³/mol. The van der Waals surface area contributed by atoms with Gasteiger partial charge < -0.3 is 3.07 Å². The average molecular weight is 314 g/mol. The van der Waals surface area contributed by atoms with Crippen molar-refractivity contribution in [3.05, 3.63) is 54.3 Å². The monoisotopic (exact) mass is 314 g/mol. The van der Waals surface area contributed by atoms with E-state index in [2.05, 4.69) is 0 Å². The van der Waals surface area contributed by atoms with Gasteiger partial charge in [-0.05, 0) is 35.4 Å². The molecule has 0 radical (unpaired) electrons. The SMILES string of the molecule is Fc1ccc(-c2ccc(OI)cc2)cc1. The quantitative estimate of drug-likeness (QED) is 0.754. The molecule has 0 atom stereocenters. The maximum absolute atomic E-state index is 12.7. The molecule has 0 saturated carbocycles. The van der Waals surface area contributed by atoms with Crippen molar-refractivity contribution in [2.45, 2.75) is 0 Å². The summed E-state index contributed by atoms with van der Waals surface area (Å²) >= 11 is 1.83. The molecule has 2 aromatic carbocycles. The summed E-state index contributed by atoms with van der Waals surface area (Å²) in [5.41, 5.74) is 2.05. The minimum absolute atomic E-state index is 0.217. The molecule has 0 aliphatic carbocycles. The molecule has 0 amide bonds. The lowest BCUT2D eigenvalue weighted by atomic mass is 10.1. The Labute approximate surface area is 102 Å². The Balaban J connectivity index is 2.33. The fourth-order valence-corrected chi connectivity index (χ4v) is 1.63. The van der Waals surface area contributed by atoms with Gasteiger partial charge in [-0.2, -0.15) is 0 Å². The molecule has 0 bridgehead atoms. The van der Waals surface area contributed by atoms with Crippen LogP contribution in [0.1, 0.15) is 0 Å². The summed E-state index contributed by atoms with van der Waals surface area (Å²) in [4.78, 5) is 0. The van der Waals surface area contributed by atoms with Gasteiger partial charge in [-0.3, -0.25) is 0 Å². The van der Waals surface area contributed by atoms with Crippen LogP contribution in [0.5, 0.6) is 5.75 Å². The highest BCUT2D eigenvalue weighted by atomic mass is 127. The second kappa shape index (κ2) is 4.61. The van der Waals surface area contributed by atoms with E-state index in [1.165, 1.54) is 12.1 Å². The van der Waals surface area contributed by atoms with Gasteiger partial charge in [0.1, 0.15) is 11.6 Å². The molecule has 0 aliphatic rings. The van der Waals surface area contributed by atoms with Crippen LogP contribution in [0.4, 0.5) is 4.39 Å². The fourth-order valence-electron chi connectivity index (χ4n) is 1.34. The van der Waals surface area contributed by atoms with E-state index in [0.29, 0.717) is 0 Å². The molecule has 0 aliphatic heterocycles. The second-order valence-electron chi connectivity index (χ2n) is 3.11. The van der Waals surface area contributed by atoms with Crippen LogP contribution in [-0.4, -0.2) is 0 Å². The Morgan fingerprint density at radius 3 is 1.73 bits per heavy atom. The first-order valence-corrected chi connectivity index (χ1v) is 5.32. The maximum atomic E-state index is 12.7. The van der Waals surface area contributed by atoms with Gasteiger partial charge in [-0.15, -0.1) is 0 Å². The summed E-state index contributed by atoms with van der Waals surface area (Å²) < 4.78 is 17.7. The highest BCUT2D eigenvalue weighted by Gasteiger charge is 1.98. The van der Waals surface area contributed by atoms with Crippen LogP contribution in [0.25, 0.3) is 11.1 Å². The van der Waals surface area contributed by atoms with Crippen LogP contribution in [0.15, 0.2) is 48.5 Å². The fraction of sp³-hybridized carbons (Fsp3) is 0. The molecule has 0 fully saturated rings. The van der Waals surface area contributed by atoms with E-state index in [-0.39, 0.29) is 5.82 Å². The summed E-state index contributed by atoms with van der Waals surface area (Å²) in [6.45, 7) is 0. The molecule has 3 heteroatoms. The molecule has 0 aromatic heterocycles. The number of hydrogen-bond acceptors (Lipinski definition) is 1. The van der Waals surface area contributed by atoms with E-state index in [1.54, 1.807) is 12.1 Å². The van der Waals surface area contributed by atoms with E-state index in [1.807, 2.05) is 47.3 Å². The summed E-state index contributed by atoms with van der Waals surface area (Å²) in [7, 11) is 0. The third-order valence-corrected chi connectivity index (χ3v) is 2.63. The summed E-state index contributed by atoms with van der Waals surface area (Å²) in [6, 6.07) is 14.1. The van der Waals surface area contributed by atoms with Crippen LogP contribution in [0.3, 0.4) is 0 Å². The second-order valence-corrected chi connectivity index (χ2v) is 3.55. The Morgan fingerprint density at radius 2 is 1.27 bits per heavy atom. The smallest absolute Gasteiger partial charge is 0.192 e. The molecular formula is C12H8FIO. The van der Waals surface area contributed by atoms with Crippen LogP contribution < -0.4 is 3.07 Å². The maximum Gasteiger partial charge on any atom is 0.192 e. The minimum atomic E-state index is -0.217. The number of benzene rings is 2. The molecule has 2 rings (SSSR count). The zero-order valence-electron chi connectivity index (χ0n) is 7.78. The Bertz CT molecular complexity index is 436. The standard InChI is InChI=1S/C12H8FIO/c13-11-5-1-9(2-6-11)10-3-7-12(15-14)8-4-10/h1-8H.